The van der Waals surface area contributed by atoms with Crippen molar-refractivity contribution in [3.8, 4) is 0 Å². The fraction of sp³-hybridized carbons (Fsp3) is 0.700. The number of rotatable bonds is 3. The van der Waals surface area contributed by atoms with E-state index in [-0.39, 0.29) is 0 Å². The lowest BCUT2D eigenvalue weighted by molar-refractivity contribution is 0.240. The summed E-state index contributed by atoms with van der Waals surface area (Å²) in [7, 11) is 0. The molecule has 0 heteroatoms. The molecule has 0 saturated heterocycles. The largest absolute Gasteiger partial charge is 0.0999 e. The van der Waals surface area contributed by atoms with Gasteiger partial charge < -0.3 is 0 Å². The summed E-state index contributed by atoms with van der Waals surface area (Å²) in [6.07, 6.45) is 14.3. The molecule has 0 bridgehead atoms. The SMILES string of the molecule is C=C(C)C1CCC(C)(C=C(C)C2CC=C(C)CC2)CC1. The molecule has 0 amide bonds. The van der Waals surface area contributed by atoms with Crippen molar-refractivity contribution in [1.29, 1.82) is 0 Å². The van der Waals surface area contributed by atoms with Crippen LogP contribution >= 0.6 is 0 Å². The Morgan fingerprint density at radius 2 is 1.85 bits per heavy atom. The van der Waals surface area contributed by atoms with Gasteiger partial charge in [0.25, 0.3) is 0 Å². The Hall–Kier alpha value is -0.780. The van der Waals surface area contributed by atoms with E-state index in [9.17, 15) is 0 Å². The van der Waals surface area contributed by atoms with E-state index in [4.69, 9.17) is 0 Å². The molecule has 0 heterocycles. The normalized spacial score (nSPS) is 35.6. The highest BCUT2D eigenvalue weighted by molar-refractivity contribution is 5.16. The maximum atomic E-state index is 4.15. The van der Waals surface area contributed by atoms with Crippen LogP contribution in [0.4, 0.5) is 0 Å². The molecule has 0 aromatic heterocycles. The Kier molecular flexibility index (Phi) is 4.94. The Balaban J connectivity index is 1.97. The molecule has 20 heavy (non-hydrogen) atoms. The van der Waals surface area contributed by atoms with Crippen LogP contribution in [0.2, 0.25) is 0 Å². The van der Waals surface area contributed by atoms with E-state index in [1.807, 2.05) is 0 Å². The van der Waals surface area contributed by atoms with Crippen LogP contribution in [-0.4, -0.2) is 0 Å². The maximum absolute atomic E-state index is 4.15. The molecule has 0 aromatic carbocycles. The fourth-order valence-corrected chi connectivity index (χ4v) is 3.96. The van der Waals surface area contributed by atoms with Gasteiger partial charge in [-0.15, -0.1) is 0 Å². The molecular formula is C20H32. The molecule has 1 fully saturated rings. The zero-order chi connectivity index (χ0) is 14.8. The minimum absolute atomic E-state index is 0.437. The van der Waals surface area contributed by atoms with Gasteiger partial charge in [-0.05, 0) is 83.0 Å². The van der Waals surface area contributed by atoms with Gasteiger partial charge in [0.2, 0.25) is 0 Å². The molecule has 1 atom stereocenters. The maximum Gasteiger partial charge on any atom is -0.0143 e. The first kappa shape index (κ1) is 15.6. The van der Waals surface area contributed by atoms with Crippen molar-refractivity contribution < 1.29 is 0 Å². The summed E-state index contributed by atoms with van der Waals surface area (Å²) in [5.74, 6) is 1.58. The Bertz CT molecular complexity index is 413. The van der Waals surface area contributed by atoms with Gasteiger partial charge in [-0.2, -0.15) is 0 Å². The van der Waals surface area contributed by atoms with Gasteiger partial charge in [-0.25, -0.2) is 0 Å². The van der Waals surface area contributed by atoms with Gasteiger partial charge in [0.1, 0.15) is 0 Å². The molecular weight excluding hydrogens is 240 g/mol. The van der Waals surface area contributed by atoms with E-state index >= 15 is 0 Å². The minimum atomic E-state index is 0.437. The van der Waals surface area contributed by atoms with Crippen LogP contribution in [0, 0.1) is 17.3 Å². The summed E-state index contributed by atoms with van der Waals surface area (Å²) in [6, 6.07) is 0. The molecule has 0 aromatic rings. The van der Waals surface area contributed by atoms with Crippen LogP contribution in [0.25, 0.3) is 0 Å². The average Bonchev–Trinajstić information content (AvgIpc) is 2.39. The minimum Gasteiger partial charge on any atom is -0.0999 e. The van der Waals surface area contributed by atoms with Crippen LogP contribution < -0.4 is 0 Å². The highest BCUT2D eigenvalue weighted by atomic mass is 14.3. The average molecular weight is 272 g/mol. The van der Waals surface area contributed by atoms with Crippen LogP contribution in [0.3, 0.4) is 0 Å². The number of allylic oxidation sites excluding steroid dienone is 5. The van der Waals surface area contributed by atoms with Crippen molar-refractivity contribution in [3.05, 3.63) is 35.5 Å². The second-order valence-electron chi connectivity index (χ2n) is 7.68. The molecule has 0 spiro atoms. The monoisotopic (exact) mass is 272 g/mol. The van der Waals surface area contributed by atoms with E-state index in [1.54, 1.807) is 11.1 Å². The van der Waals surface area contributed by atoms with Crippen LogP contribution in [0.15, 0.2) is 35.5 Å². The zero-order valence-corrected chi connectivity index (χ0v) is 14.0. The predicted octanol–water partition coefficient (Wildman–Crippen LogP) is 6.45. The van der Waals surface area contributed by atoms with Crippen molar-refractivity contribution >= 4 is 0 Å². The molecule has 2 aliphatic carbocycles. The van der Waals surface area contributed by atoms with Crippen molar-refractivity contribution in [2.75, 3.05) is 0 Å². The molecule has 2 aliphatic rings. The lowest BCUT2D eigenvalue weighted by atomic mass is 9.68. The molecule has 0 aliphatic heterocycles. The fourth-order valence-electron chi connectivity index (χ4n) is 3.96. The van der Waals surface area contributed by atoms with Crippen molar-refractivity contribution in [3.63, 3.8) is 0 Å². The van der Waals surface area contributed by atoms with Gasteiger partial charge in [0.05, 0.1) is 0 Å². The van der Waals surface area contributed by atoms with E-state index in [1.165, 1.54) is 50.5 Å². The summed E-state index contributed by atoms with van der Waals surface area (Å²) in [5.41, 5.74) is 5.06. The molecule has 112 valence electrons. The Morgan fingerprint density at radius 1 is 1.20 bits per heavy atom. The van der Waals surface area contributed by atoms with Gasteiger partial charge in [0.15, 0.2) is 0 Å². The second kappa shape index (κ2) is 6.33. The quantitative estimate of drug-likeness (QED) is 0.518. The van der Waals surface area contributed by atoms with E-state index in [0.29, 0.717) is 5.41 Å². The number of hydrogen-bond donors (Lipinski definition) is 0. The third-order valence-electron chi connectivity index (χ3n) is 5.68. The lowest BCUT2D eigenvalue weighted by Gasteiger charge is -2.37. The molecule has 0 N–H and O–H groups in total. The molecule has 2 rings (SSSR count). The molecule has 1 saturated carbocycles. The smallest absolute Gasteiger partial charge is 0.0143 e. The van der Waals surface area contributed by atoms with Crippen molar-refractivity contribution in [2.24, 2.45) is 17.3 Å². The summed E-state index contributed by atoms with van der Waals surface area (Å²) in [5, 5.41) is 0. The molecule has 1 unspecified atom stereocenters. The summed E-state index contributed by atoms with van der Waals surface area (Å²) in [4.78, 5) is 0. The first-order valence-corrected chi connectivity index (χ1v) is 8.40. The second-order valence-corrected chi connectivity index (χ2v) is 7.68. The highest BCUT2D eigenvalue weighted by Gasteiger charge is 2.30. The van der Waals surface area contributed by atoms with E-state index in [2.05, 4.69) is 46.4 Å². The number of hydrogen-bond acceptors (Lipinski definition) is 0. The van der Waals surface area contributed by atoms with Gasteiger partial charge >= 0.3 is 0 Å². The topological polar surface area (TPSA) is 0 Å². The molecule has 0 nitrogen and oxygen atoms in total. The van der Waals surface area contributed by atoms with Crippen molar-refractivity contribution in [1.82, 2.24) is 0 Å². The Morgan fingerprint density at radius 3 is 2.35 bits per heavy atom. The lowest BCUT2D eigenvalue weighted by Crippen LogP contribution is -2.24. The predicted molar refractivity (Wildman–Crippen MR) is 89.7 cm³/mol. The third kappa shape index (κ3) is 3.87. The standard InChI is InChI=1S/C20H32/c1-15(2)18-10-12-20(5,13-11-18)14-17(4)19-8-6-16(3)7-9-19/h6,14,18-19H,1,7-13H2,2-5H3. The van der Waals surface area contributed by atoms with Gasteiger partial charge in [-0.1, -0.05) is 42.4 Å². The first-order valence-electron chi connectivity index (χ1n) is 8.40. The van der Waals surface area contributed by atoms with E-state index in [0.717, 1.165) is 11.8 Å². The highest BCUT2D eigenvalue weighted by Crippen LogP contribution is 2.43. The third-order valence-corrected chi connectivity index (χ3v) is 5.68. The summed E-state index contributed by atoms with van der Waals surface area (Å²) >= 11 is 0. The van der Waals surface area contributed by atoms with Crippen LogP contribution in [0.1, 0.15) is 72.6 Å². The Labute approximate surface area is 126 Å². The molecule has 0 radical (unpaired) electrons. The first-order chi connectivity index (χ1) is 9.39. The summed E-state index contributed by atoms with van der Waals surface area (Å²) < 4.78 is 0. The van der Waals surface area contributed by atoms with Crippen LogP contribution in [-0.2, 0) is 0 Å². The van der Waals surface area contributed by atoms with E-state index < -0.39 is 0 Å². The zero-order valence-electron chi connectivity index (χ0n) is 14.0. The van der Waals surface area contributed by atoms with Gasteiger partial charge in [-0.3, -0.25) is 0 Å². The summed E-state index contributed by atoms with van der Waals surface area (Å²) in [6.45, 7) is 13.5. The van der Waals surface area contributed by atoms with Crippen molar-refractivity contribution in [2.45, 2.75) is 72.6 Å². The van der Waals surface area contributed by atoms with Gasteiger partial charge in [0, 0.05) is 0 Å². The van der Waals surface area contributed by atoms with Crippen LogP contribution in [0.5, 0.6) is 0 Å².